The number of nitrogens with zero attached hydrogens (tertiary/aromatic N) is 4. The summed E-state index contributed by atoms with van der Waals surface area (Å²) in [7, 11) is 0. The zero-order valence-corrected chi connectivity index (χ0v) is 11.8. The molecule has 0 saturated carbocycles. The fourth-order valence-electron chi connectivity index (χ4n) is 2.74. The number of nitro groups is 1. The molecule has 3 heterocycles. The predicted octanol–water partition coefficient (Wildman–Crippen LogP) is 2.69. The van der Waals surface area contributed by atoms with Crippen molar-refractivity contribution in [1.82, 2.24) is 9.97 Å². The van der Waals surface area contributed by atoms with Crippen molar-refractivity contribution < 1.29 is 4.92 Å². The standard InChI is InChI=1S/C15H16N4O2/c1-11-14(19(20)21)5-6-15(17-11)18-9-7-12(10-18)13-4-2-3-8-16-13/h2-6,8,12H,7,9-10H2,1H3. The molecular weight excluding hydrogens is 268 g/mol. The monoisotopic (exact) mass is 284 g/mol. The Morgan fingerprint density at radius 1 is 1.33 bits per heavy atom. The molecule has 0 spiro atoms. The molecular formula is C15H16N4O2. The van der Waals surface area contributed by atoms with Gasteiger partial charge in [-0.05, 0) is 31.5 Å². The van der Waals surface area contributed by atoms with E-state index in [9.17, 15) is 10.1 Å². The Morgan fingerprint density at radius 3 is 2.86 bits per heavy atom. The first-order valence-electron chi connectivity index (χ1n) is 6.93. The lowest BCUT2D eigenvalue weighted by Crippen LogP contribution is -2.21. The summed E-state index contributed by atoms with van der Waals surface area (Å²) in [6.07, 6.45) is 2.83. The number of aryl methyl sites for hydroxylation is 1. The maximum atomic E-state index is 10.8. The van der Waals surface area contributed by atoms with Crippen molar-refractivity contribution in [2.24, 2.45) is 0 Å². The van der Waals surface area contributed by atoms with E-state index in [1.807, 2.05) is 24.4 Å². The zero-order valence-electron chi connectivity index (χ0n) is 11.8. The number of anilines is 1. The van der Waals surface area contributed by atoms with Gasteiger partial charge in [0, 0.05) is 37.0 Å². The molecule has 108 valence electrons. The van der Waals surface area contributed by atoms with Crippen LogP contribution in [0, 0.1) is 17.0 Å². The van der Waals surface area contributed by atoms with Gasteiger partial charge in [0.2, 0.25) is 0 Å². The molecule has 2 aromatic heterocycles. The summed E-state index contributed by atoms with van der Waals surface area (Å²) in [6, 6.07) is 9.22. The van der Waals surface area contributed by atoms with Crippen molar-refractivity contribution in [3.63, 3.8) is 0 Å². The summed E-state index contributed by atoms with van der Waals surface area (Å²) >= 11 is 0. The number of pyridine rings is 2. The number of aromatic nitrogens is 2. The zero-order chi connectivity index (χ0) is 14.8. The van der Waals surface area contributed by atoms with Gasteiger partial charge in [-0.15, -0.1) is 0 Å². The van der Waals surface area contributed by atoms with Crippen LogP contribution in [0.4, 0.5) is 11.5 Å². The van der Waals surface area contributed by atoms with Crippen LogP contribution in [-0.4, -0.2) is 28.0 Å². The van der Waals surface area contributed by atoms with Crippen LogP contribution in [0.5, 0.6) is 0 Å². The molecule has 3 rings (SSSR count). The van der Waals surface area contributed by atoms with Crippen molar-refractivity contribution in [2.75, 3.05) is 18.0 Å². The summed E-state index contributed by atoms with van der Waals surface area (Å²) in [4.78, 5) is 21.4. The average Bonchev–Trinajstić information content (AvgIpc) is 2.97. The molecule has 0 amide bonds. The SMILES string of the molecule is Cc1nc(N2CCC(c3ccccn3)C2)ccc1[N+](=O)[O-]. The quantitative estimate of drug-likeness (QED) is 0.640. The largest absolute Gasteiger partial charge is 0.356 e. The Morgan fingerprint density at radius 2 is 2.19 bits per heavy atom. The highest BCUT2D eigenvalue weighted by atomic mass is 16.6. The molecule has 0 aromatic carbocycles. The molecule has 6 nitrogen and oxygen atoms in total. The second-order valence-electron chi connectivity index (χ2n) is 5.22. The second-order valence-corrected chi connectivity index (χ2v) is 5.22. The van der Waals surface area contributed by atoms with Gasteiger partial charge in [0.15, 0.2) is 0 Å². The molecule has 0 bridgehead atoms. The summed E-state index contributed by atoms with van der Waals surface area (Å²) < 4.78 is 0. The van der Waals surface area contributed by atoms with Crippen LogP contribution in [0.3, 0.4) is 0 Å². The Bertz CT molecular complexity index is 660. The van der Waals surface area contributed by atoms with E-state index in [2.05, 4.69) is 14.9 Å². The summed E-state index contributed by atoms with van der Waals surface area (Å²) in [5.74, 6) is 1.19. The van der Waals surface area contributed by atoms with E-state index in [0.717, 1.165) is 31.0 Å². The van der Waals surface area contributed by atoms with Crippen LogP contribution in [0.25, 0.3) is 0 Å². The lowest BCUT2D eigenvalue weighted by molar-refractivity contribution is -0.385. The lowest BCUT2D eigenvalue weighted by Gasteiger charge is -2.17. The molecule has 21 heavy (non-hydrogen) atoms. The van der Waals surface area contributed by atoms with Gasteiger partial charge in [0.25, 0.3) is 5.69 Å². The Balaban J connectivity index is 1.77. The van der Waals surface area contributed by atoms with Crippen LogP contribution < -0.4 is 4.90 Å². The fraction of sp³-hybridized carbons (Fsp3) is 0.333. The summed E-state index contributed by atoms with van der Waals surface area (Å²) in [5.41, 5.74) is 1.62. The molecule has 1 saturated heterocycles. The van der Waals surface area contributed by atoms with Crippen molar-refractivity contribution in [2.45, 2.75) is 19.3 Å². The average molecular weight is 284 g/mol. The Kier molecular flexibility index (Phi) is 3.51. The molecule has 1 atom stereocenters. The van der Waals surface area contributed by atoms with E-state index < -0.39 is 4.92 Å². The minimum Gasteiger partial charge on any atom is -0.356 e. The van der Waals surface area contributed by atoms with Crippen LogP contribution in [-0.2, 0) is 0 Å². The molecule has 6 heteroatoms. The van der Waals surface area contributed by atoms with Gasteiger partial charge in [-0.1, -0.05) is 6.07 Å². The highest BCUT2D eigenvalue weighted by Gasteiger charge is 2.26. The van der Waals surface area contributed by atoms with Crippen molar-refractivity contribution in [3.05, 3.63) is 58.0 Å². The molecule has 1 aliphatic heterocycles. The number of hydrogen-bond donors (Lipinski definition) is 0. The van der Waals surface area contributed by atoms with E-state index in [0.29, 0.717) is 11.6 Å². The predicted molar refractivity (Wildman–Crippen MR) is 79.4 cm³/mol. The van der Waals surface area contributed by atoms with Gasteiger partial charge in [0.1, 0.15) is 11.5 Å². The molecule has 0 N–H and O–H groups in total. The van der Waals surface area contributed by atoms with E-state index in [4.69, 9.17) is 0 Å². The first kappa shape index (κ1) is 13.5. The molecule has 1 unspecified atom stereocenters. The maximum absolute atomic E-state index is 10.8. The van der Waals surface area contributed by atoms with Crippen LogP contribution >= 0.6 is 0 Å². The summed E-state index contributed by atoms with van der Waals surface area (Å²) in [6.45, 7) is 3.42. The highest BCUT2D eigenvalue weighted by molar-refractivity contribution is 5.48. The molecule has 0 radical (unpaired) electrons. The third kappa shape index (κ3) is 2.69. The minimum atomic E-state index is -0.396. The third-order valence-corrected chi connectivity index (χ3v) is 3.86. The first-order valence-corrected chi connectivity index (χ1v) is 6.93. The lowest BCUT2D eigenvalue weighted by atomic mass is 10.0. The van der Waals surface area contributed by atoms with Crippen LogP contribution in [0.1, 0.15) is 23.7 Å². The Hall–Kier alpha value is -2.50. The van der Waals surface area contributed by atoms with E-state index in [1.165, 1.54) is 6.07 Å². The third-order valence-electron chi connectivity index (χ3n) is 3.86. The molecule has 0 aliphatic carbocycles. The minimum absolute atomic E-state index is 0.0687. The van der Waals surface area contributed by atoms with Crippen molar-refractivity contribution >= 4 is 11.5 Å². The van der Waals surface area contributed by atoms with E-state index in [1.54, 1.807) is 13.0 Å². The van der Waals surface area contributed by atoms with Gasteiger partial charge >= 0.3 is 0 Å². The topological polar surface area (TPSA) is 72.2 Å². The van der Waals surface area contributed by atoms with Gasteiger partial charge in [-0.25, -0.2) is 4.98 Å². The van der Waals surface area contributed by atoms with E-state index in [-0.39, 0.29) is 5.69 Å². The number of hydrogen-bond acceptors (Lipinski definition) is 5. The molecule has 1 aliphatic rings. The van der Waals surface area contributed by atoms with Gasteiger partial charge in [-0.2, -0.15) is 0 Å². The summed E-state index contributed by atoms with van der Waals surface area (Å²) in [5, 5.41) is 10.8. The maximum Gasteiger partial charge on any atom is 0.290 e. The van der Waals surface area contributed by atoms with Gasteiger partial charge in [-0.3, -0.25) is 15.1 Å². The Labute approximate surface area is 122 Å². The van der Waals surface area contributed by atoms with Crippen LogP contribution in [0.15, 0.2) is 36.5 Å². The second kappa shape index (κ2) is 5.47. The van der Waals surface area contributed by atoms with E-state index >= 15 is 0 Å². The first-order chi connectivity index (χ1) is 10.1. The normalized spacial score (nSPS) is 18.0. The van der Waals surface area contributed by atoms with Gasteiger partial charge in [0.05, 0.1) is 4.92 Å². The highest BCUT2D eigenvalue weighted by Crippen LogP contribution is 2.30. The van der Waals surface area contributed by atoms with Crippen LogP contribution in [0.2, 0.25) is 0 Å². The van der Waals surface area contributed by atoms with Crippen molar-refractivity contribution in [3.8, 4) is 0 Å². The van der Waals surface area contributed by atoms with Gasteiger partial charge < -0.3 is 4.90 Å². The van der Waals surface area contributed by atoms with Crippen molar-refractivity contribution in [1.29, 1.82) is 0 Å². The smallest absolute Gasteiger partial charge is 0.290 e. The molecule has 2 aromatic rings. The fourth-order valence-corrected chi connectivity index (χ4v) is 2.74. The number of rotatable bonds is 3. The molecule has 1 fully saturated rings.